The average Bonchev–Trinajstić information content (AvgIpc) is 2.41. The molecule has 1 aromatic rings. The Labute approximate surface area is 113 Å². The molecule has 4 nitrogen and oxygen atoms in total. The molecule has 0 amide bonds. The van der Waals surface area contributed by atoms with E-state index in [9.17, 15) is 5.11 Å². The highest BCUT2D eigenvalue weighted by Gasteiger charge is 2.31. The van der Waals surface area contributed by atoms with Crippen LogP contribution in [0.1, 0.15) is 32.6 Å². The molecule has 0 spiro atoms. The van der Waals surface area contributed by atoms with Crippen LogP contribution in [0.25, 0.3) is 0 Å². The summed E-state index contributed by atoms with van der Waals surface area (Å²) in [4.78, 5) is 8.30. The summed E-state index contributed by atoms with van der Waals surface area (Å²) in [5.74, 6) is 1.54. The van der Waals surface area contributed by atoms with E-state index in [0.717, 1.165) is 42.4 Å². The zero-order valence-corrected chi connectivity index (χ0v) is 11.8. The molecule has 5 heteroatoms. The molecule has 1 aromatic heterocycles. The minimum Gasteiger partial charge on any atom is -0.388 e. The normalized spacial score (nSPS) is 28.1. The third-order valence-corrected chi connectivity index (χ3v) is 4.30. The Bertz CT molecular complexity index is 392. The van der Waals surface area contributed by atoms with Crippen LogP contribution in [-0.4, -0.2) is 33.5 Å². The Morgan fingerprint density at radius 3 is 2.83 bits per heavy atom. The highest BCUT2D eigenvalue weighted by atomic mass is 32.2. The minimum atomic E-state index is -0.572. The zero-order valence-electron chi connectivity index (χ0n) is 11.0. The second-order valence-corrected chi connectivity index (χ2v) is 6.03. The summed E-state index contributed by atoms with van der Waals surface area (Å²) < 4.78 is 0. The van der Waals surface area contributed by atoms with Crippen LogP contribution in [0.5, 0.6) is 0 Å². The SMILES string of the molecule is CSc1cc(NCC2(O)CCC(C)CC2)ncn1. The van der Waals surface area contributed by atoms with Crippen LogP contribution in [0.2, 0.25) is 0 Å². The van der Waals surface area contributed by atoms with E-state index in [2.05, 4.69) is 22.2 Å². The van der Waals surface area contributed by atoms with Crippen molar-refractivity contribution in [1.29, 1.82) is 0 Å². The molecule has 1 saturated carbocycles. The van der Waals surface area contributed by atoms with Gasteiger partial charge in [0, 0.05) is 12.6 Å². The molecular formula is C13H21N3OS. The molecule has 0 aromatic carbocycles. The third-order valence-electron chi connectivity index (χ3n) is 3.65. The van der Waals surface area contributed by atoms with Gasteiger partial charge in [0.15, 0.2) is 0 Å². The predicted molar refractivity (Wildman–Crippen MR) is 74.9 cm³/mol. The van der Waals surface area contributed by atoms with Crippen molar-refractivity contribution in [2.24, 2.45) is 5.92 Å². The number of aliphatic hydroxyl groups is 1. The van der Waals surface area contributed by atoms with Crippen molar-refractivity contribution >= 4 is 17.6 Å². The quantitative estimate of drug-likeness (QED) is 0.648. The maximum atomic E-state index is 10.5. The molecule has 0 saturated heterocycles. The van der Waals surface area contributed by atoms with Gasteiger partial charge in [-0.1, -0.05) is 6.92 Å². The van der Waals surface area contributed by atoms with Crippen LogP contribution in [0, 0.1) is 5.92 Å². The Hall–Kier alpha value is -0.810. The van der Waals surface area contributed by atoms with E-state index in [0.29, 0.717) is 6.54 Å². The van der Waals surface area contributed by atoms with Gasteiger partial charge in [0.25, 0.3) is 0 Å². The molecule has 0 unspecified atom stereocenters. The second kappa shape index (κ2) is 5.89. The number of aromatic nitrogens is 2. The number of nitrogens with one attached hydrogen (secondary N) is 1. The maximum Gasteiger partial charge on any atom is 0.130 e. The number of rotatable bonds is 4. The summed E-state index contributed by atoms with van der Waals surface area (Å²) in [6.07, 6.45) is 7.52. The lowest BCUT2D eigenvalue weighted by atomic mass is 9.79. The monoisotopic (exact) mass is 267 g/mol. The van der Waals surface area contributed by atoms with Gasteiger partial charge in [0.05, 0.1) is 5.60 Å². The van der Waals surface area contributed by atoms with Gasteiger partial charge in [-0.25, -0.2) is 9.97 Å². The first kappa shape index (κ1) is 13.6. The van der Waals surface area contributed by atoms with Crippen molar-refractivity contribution < 1.29 is 5.11 Å². The number of thioether (sulfide) groups is 1. The highest BCUT2D eigenvalue weighted by Crippen LogP contribution is 2.31. The number of hydrogen-bond donors (Lipinski definition) is 2. The van der Waals surface area contributed by atoms with Gasteiger partial charge in [0.1, 0.15) is 17.2 Å². The van der Waals surface area contributed by atoms with Crippen molar-refractivity contribution in [3.63, 3.8) is 0 Å². The Morgan fingerprint density at radius 1 is 1.44 bits per heavy atom. The van der Waals surface area contributed by atoms with E-state index in [1.54, 1.807) is 18.1 Å². The largest absolute Gasteiger partial charge is 0.388 e. The summed E-state index contributed by atoms with van der Waals surface area (Å²) in [6, 6.07) is 1.92. The summed E-state index contributed by atoms with van der Waals surface area (Å²) in [5, 5.41) is 14.6. The smallest absolute Gasteiger partial charge is 0.130 e. The molecule has 1 aliphatic rings. The van der Waals surface area contributed by atoms with Gasteiger partial charge >= 0.3 is 0 Å². The molecule has 1 aliphatic carbocycles. The Balaban J connectivity index is 1.90. The standard InChI is InChI=1S/C13H21N3OS/c1-10-3-5-13(17,6-4-10)8-14-11-7-12(18-2)16-9-15-11/h7,9-10,17H,3-6,8H2,1-2H3,(H,14,15,16). The first-order valence-corrected chi connectivity index (χ1v) is 7.66. The van der Waals surface area contributed by atoms with Gasteiger partial charge in [-0.3, -0.25) is 0 Å². The fourth-order valence-corrected chi connectivity index (χ4v) is 2.66. The topological polar surface area (TPSA) is 58.0 Å². The summed E-state index contributed by atoms with van der Waals surface area (Å²) in [5.41, 5.74) is -0.572. The molecule has 2 rings (SSSR count). The first-order valence-electron chi connectivity index (χ1n) is 6.44. The maximum absolute atomic E-state index is 10.5. The highest BCUT2D eigenvalue weighted by molar-refractivity contribution is 7.98. The average molecular weight is 267 g/mol. The molecule has 1 heterocycles. The number of anilines is 1. The molecule has 100 valence electrons. The van der Waals surface area contributed by atoms with Gasteiger partial charge in [-0.2, -0.15) is 0 Å². The van der Waals surface area contributed by atoms with Crippen LogP contribution in [0.3, 0.4) is 0 Å². The van der Waals surface area contributed by atoms with Crippen molar-refractivity contribution in [3.8, 4) is 0 Å². The minimum absolute atomic E-state index is 0.572. The number of hydrogen-bond acceptors (Lipinski definition) is 5. The predicted octanol–water partition coefficient (Wildman–Crippen LogP) is 2.55. The van der Waals surface area contributed by atoms with Crippen molar-refractivity contribution in [2.75, 3.05) is 18.1 Å². The van der Waals surface area contributed by atoms with Gasteiger partial charge in [-0.15, -0.1) is 11.8 Å². The van der Waals surface area contributed by atoms with E-state index >= 15 is 0 Å². The summed E-state index contributed by atoms with van der Waals surface area (Å²) >= 11 is 1.59. The van der Waals surface area contributed by atoms with Crippen molar-refractivity contribution in [1.82, 2.24) is 9.97 Å². The molecule has 0 atom stereocenters. The summed E-state index contributed by atoms with van der Waals surface area (Å²) in [6.45, 7) is 2.83. The van der Waals surface area contributed by atoms with Crippen LogP contribution < -0.4 is 5.32 Å². The second-order valence-electron chi connectivity index (χ2n) is 5.21. The van der Waals surface area contributed by atoms with Gasteiger partial charge < -0.3 is 10.4 Å². The van der Waals surface area contributed by atoms with Gasteiger partial charge in [-0.05, 0) is 37.9 Å². The van der Waals surface area contributed by atoms with Crippen LogP contribution in [-0.2, 0) is 0 Å². The molecule has 0 aliphatic heterocycles. The van der Waals surface area contributed by atoms with E-state index in [1.165, 1.54) is 0 Å². The first-order chi connectivity index (χ1) is 8.61. The fourth-order valence-electron chi connectivity index (χ4n) is 2.28. The van der Waals surface area contributed by atoms with Crippen molar-refractivity contribution in [3.05, 3.63) is 12.4 Å². The number of nitrogens with zero attached hydrogens (tertiary/aromatic N) is 2. The van der Waals surface area contributed by atoms with E-state index in [1.807, 2.05) is 12.3 Å². The summed E-state index contributed by atoms with van der Waals surface area (Å²) in [7, 11) is 0. The lowest BCUT2D eigenvalue weighted by Crippen LogP contribution is -2.40. The molecule has 18 heavy (non-hydrogen) atoms. The fraction of sp³-hybridized carbons (Fsp3) is 0.692. The van der Waals surface area contributed by atoms with Crippen LogP contribution in [0.4, 0.5) is 5.82 Å². The Kier molecular flexibility index (Phi) is 4.45. The Morgan fingerprint density at radius 2 is 2.17 bits per heavy atom. The molecular weight excluding hydrogens is 246 g/mol. The van der Waals surface area contributed by atoms with E-state index in [4.69, 9.17) is 0 Å². The van der Waals surface area contributed by atoms with Crippen molar-refractivity contribution in [2.45, 2.75) is 43.2 Å². The molecule has 0 bridgehead atoms. The molecule has 1 fully saturated rings. The molecule has 0 radical (unpaired) electrons. The zero-order chi connectivity index (χ0) is 13.0. The molecule has 2 N–H and O–H groups in total. The van der Waals surface area contributed by atoms with Crippen LogP contribution >= 0.6 is 11.8 Å². The lowest BCUT2D eigenvalue weighted by Gasteiger charge is -2.35. The van der Waals surface area contributed by atoms with Crippen LogP contribution in [0.15, 0.2) is 17.4 Å². The van der Waals surface area contributed by atoms with Gasteiger partial charge in [0.2, 0.25) is 0 Å². The van der Waals surface area contributed by atoms with E-state index < -0.39 is 5.60 Å². The van der Waals surface area contributed by atoms with E-state index in [-0.39, 0.29) is 0 Å². The third kappa shape index (κ3) is 3.59. The lowest BCUT2D eigenvalue weighted by molar-refractivity contribution is 0.00494.